The van der Waals surface area contributed by atoms with E-state index >= 15 is 0 Å². The van der Waals surface area contributed by atoms with Gasteiger partial charge in [-0.25, -0.2) is 4.98 Å². The largest absolute Gasteiger partial charge is 0.481 e. The Morgan fingerprint density at radius 2 is 2.05 bits per heavy atom. The van der Waals surface area contributed by atoms with Gasteiger partial charge >= 0.3 is 5.97 Å². The van der Waals surface area contributed by atoms with Crippen LogP contribution in [0, 0.1) is 5.92 Å². The van der Waals surface area contributed by atoms with Crippen molar-refractivity contribution < 1.29 is 14.7 Å². The van der Waals surface area contributed by atoms with E-state index in [-0.39, 0.29) is 34.1 Å². The van der Waals surface area contributed by atoms with E-state index in [0.717, 1.165) is 0 Å². The quantitative estimate of drug-likeness (QED) is 0.757. The molecule has 1 amide bonds. The van der Waals surface area contributed by atoms with Crippen LogP contribution >= 0.6 is 23.2 Å². The summed E-state index contributed by atoms with van der Waals surface area (Å²) in [5, 5.41) is 11.7. The number of pyridine rings is 1. The van der Waals surface area contributed by atoms with E-state index in [1.54, 1.807) is 0 Å². The maximum absolute atomic E-state index is 11.9. The van der Waals surface area contributed by atoms with E-state index in [0.29, 0.717) is 19.4 Å². The number of aliphatic carboxylic acids is 1. The van der Waals surface area contributed by atoms with Crippen molar-refractivity contribution in [2.75, 3.05) is 6.54 Å². The van der Waals surface area contributed by atoms with E-state index in [1.807, 2.05) is 6.92 Å². The van der Waals surface area contributed by atoms with Gasteiger partial charge in [-0.3, -0.25) is 9.59 Å². The van der Waals surface area contributed by atoms with E-state index in [9.17, 15) is 9.59 Å². The molecule has 110 valence electrons. The molecule has 1 aromatic heterocycles. The molecular weight excluding hydrogens is 303 g/mol. The predicted octanol–water partition coefficient (Wildman–Crippen LogP) is 3.01. The lowest BCUT2D eigenvalue weighted by atomic mass is 10.0. The summed E-state index contributed by atoms with van der Waals surface area (Å²) < 4.78 is 0. The summed E-state index contributed by atoms with van der Waals surface area (Å²) >= 11 is 11.6. The fourth-order valence-corrected chi connectivity index (χ4v) is 1.95. The molecule has 0 aromatic carbocycles. The third kappa shape index (κ3) is 5.75. The van der Waals surface area contributed by atoms with Crippen LogP contribution in [-0.4, -0.2) is 28.5 Å². The van der Waals surface area contributed by atoms with E-state index in [2.05, 4.69) is 10.3 Å². The number of carbonyl (C=O) groups is 2. The molecule has 0 bridgehead atoms. The van der Waals surface area contributed by atoms with Gasteiger partial charge < -0.3 is 10.4 Å². The Morgan fingerprint density at radius 3 is 2.70 bits per heavy atom. The highest BCUT2D eigenvalue weighted by atomic mass is 35.5. The van der Waals surface area contributed by atoms with Gasteiger partial charge in [0.05, 0.1) is 5.02 Å². The molecular formula is C13H16Cl2N2O3. The standard InChI is InChI=1S/C13H16Cl2N2O3/c1-8(2-5-11(18)19)6-7-16-13(20)12-9(14)3-4-10(15)17-12/h3-4,8H,2,5-7H2,1H3,(H,16,20)(H,18,19). The maximum atomic E-state index is 11.9. The highest BCUT2D eigenvalue weighted by molar-refractivity contribution is 6.34. The van der Waals surface area contributed by atoms with Crippen molar-refractivity contribution >= 4 is 35.1 Å². The van der Waals surface area contributed by atoms with Crippen LogP contribution in [0.5, 0.6) is 0 Å². The molecule has 0 fully saturated rings. The zero-order valence-electron chi connectivity index (χ0n) is 11.0. The fourth-order valence-electron chi connectivity index (χ4n) is 1.61. The molecule has 1 heterocycles. The molecule has 7 heteroatoms. The van der Waals surface area contributed by atoms with Gasteiger partial charge in [0.1, 0.15) is 10.8 Å². The molecule has 1 atom stereocenters. The van der Waals surface area contributed by atoms with Gasteiger partial charge in [-0.05, 0) is 30.9 Å². The van der Waals surface area contributed by atoms with Crippen LogP contribution in [0.1, 0.15) is 36.7 Å². The zero-order chi connectivity index (χ0) is 15.1. The zero-order valence-corrected chi connectivity index (χ0v) is 12.5. The average Bonchev–Trinajstić information content (AvgIpc) is 2.39. The molecule has 0 saturated carbocycles. The molecule has 5 nitrogen and oxygen atoms in total. The predicted molar refractivity (Wildman–Crippen MR) is 77.2 cm³/mol. The summed E-state index contributed by atoms with van der Waals surface area (Å²) in [4.78, 5) is 26.2. The molecule has 0 aliphatic rings. The minimum Gasteiger partial charge on any atom is -0.481 e. The Hall–Kier alpha value is -1.33. The number of hydrogen-bond acceptors (Lipinski definition) is 3. The fraction of sp³-hybridized carbons (Fsp3) is 0.462. The monoisotopic (exact) mass is 318 g/mol. The molecule has 1 aromatic rings. The van der Waals surface area contributed by atoms with E-state index in [4.69, 9.17) is 28.3 Å². The number of amides is 1. The molecule has 0 aliphatic heterocycles. The first-order valence-corrected chi connectivity index (χ1v) is 6.97. The van der Waals surface area contributed by atoms with Crippen molar-refractivity contribution in [2.45, 2.75) is 26.2 Å². The summed E-state index contributed by atoms with van der Waals surface area (Å²) in [5.41, 5.74) is 0.0948. The van der Waals surface area contributed by atoms with Crippen molar-refractivity contribution in [2.24, 2.45) is 5.92 Å². The minimum absolute atomic E-state index is 0.0948. The number of rotatable bonds is 7. The third-order valence-corrected chi connectivity index (χ3v) is 3.32. The number of carboxylic acid groups (broad SMARTS) is 1. The first-order chi connectivity index (χ1) is 9.40. The first-order valence-electron chi connectivity index (χ1n) is 6.22. The van der Waals surface area contributed by atoms with E-state index in [1.165, 1.54) is 12.1 Å². The molecule has 0 spiro atoms. The molecule has 0 radical (unpaired) electrons. The van der Waals surface area contributed by atoms with Crippen molar-refractivity contribution in [3.8, 4) is 0 Å². The minimum atomic E-state index is -0.809. The molecule has 20 heavy (non-hydrogen) atoms. The van der Waals surface area contributed by atoms with Gasteiger partial charge in [0.15, 0.2) is 0 Å². The maximum Gasteiger partial charge on any atom is 0.303 e. The lowest BCUT2D eigenvalue weighted by Gasteiger charge is -2.11. The average molecular weight is 319 g/mol. The van der Waals surface area contributed by atoms with Crippen LogP contribution in [-0.2, 0) is 4.79 Å². The number of nitrogens with zero attached hydrogens (tertiary/aromatic N) is 1. The van der Waals surface area contributed by atoms with Crippen molar-refractivity contribution in [3.63, 3.8) is 0 Å². The van der Waals surface area contributed by atoms with Crippen LogP contribution in [0.15, 0.2) is 12.1 Å². The Labute approximate surface area is 127 Å². The van der Waals surface area contributed by atoms with E-state index < -0.39 is 5.97 Å². The summed E-state index contributed by atoms with van der Waals surface area (Å²) in [6.07, 6.45) is 1.41. The molecule has 1 unspecified atom stereocenters. The second-order valence-corrected chi connectivity index (χ2v) is 5.34. The SMILES string of the molecule is CC(CCNC(=O)c1nc(Cl)ccc1Cl)CCC(=O)O. The summed E-state index contributed by atoms with van der Waals surface area (Å²) in [5.74, 6) is -0.979. The lowest BCUT2D eigenvalue weighted by molar-refractivity contribution is -0.137. The Morgan fingerprint density at radius 1 is 1.35 bits per heavy atom. The number of nitrogens with one attached hydrogen (secondary N) is 1. The summed E-state index contributed by atoms with van der Waals surface area (Å²) in [7, 11) is 0. The Balaban J connectivity index is 2.40. The van der Waals surface area contributed by atoms with Crippen LogP contribution in [0.3, 0.4) is 0 Å². The lowest BCUT2D eigenvalue weighted by Crippen LogP contribution is -2.26. The molecule has 2 N–H and O–H groups in total. The molecule has 0 aliphatic carbocycles. The topological polar surface area (TPSA) is 79.3 Å². The number of carboxylic acids is 1. The normalized spacial score (nSPS) is 11.9. The Bertz CT molecular complexity index is 495. The first kappa shape index (κ1) is 16.7. The summed E-state index contributed by atoms with van der Waals surface area (Å²) in [6.45, 7) is 2.38. The third-order valence-electron chi connectivity index (χ3n) is 2.80. The van der Waals surface area contributed by atoms with Gasteiger partial charge in [0.25, 0.3) is 5.91 Å². The second-order valence-electron chi connectivity index (χ2n) is 4.55. The van der Waals surface area contributed by atoms with Gasteiger partial charge in [-0.1, -0.05) is 30.1 Å². The summed E-state index contributed by atoms with van der Waals surface area (Å²) in [6, 6.07) is 3.02. The van der Waals surface area contributed by atoms with Crippen molar-refractivity contribution in [3.05, 3.63) is 28.0 Å². The van der Waals surface area contributed by atoms with Gasteiger partial charge in [0, 0.05) is 13.0 Å². The van der Waals surface area contributed by atoms with Crippen molar-refractivity contribution in [1.29, 1.82) is 0 Å². The Kier molecular flexibility index (Phi) is 6.75. The number of carbonyl (C=O) groups excluding carboxylic acids is 1. The van der Waals surface area contributed by atoms with Crippen LogP contribution in [0.2, 0.25) is 10.2 Å². The number of hydrogen-bond donors (Lipinski definition) is 2. The number of aromatic nitrogens is 1. The van der Waals surface area contributed by atoms with Crippen LogP contribution in [0.4, 0.5) is 0 Å². The van der Waals surface area contributed by atoms with Crippen LogP contribution in [0.25, 0.3) is 0 Å². The van der Waals surface area contributed by atoms with Gasteiger partial charge in [-0.2, -0.15) is 0 Å². The highest BCUT2D eigenvalue weighted by Crippen LogP contribution is 2.16. The van der Waals surface area contributed by atoms with Crippen LogP contribution < -0.4 is 5.32 Å². The smallest absolute Gasteiger partial charge is 0.303 e. The number of halogens is 2. The van der Waals surface area contributed by atoms with Crippen molar-refractivity contribution in [1.82, 2.24) is 10.3 Å². The molecule has 1 rings (SSSR count). The highest BCUT2D eigenvalue weighted by Gasteiger charge is 2.13. The molecule has 0 saturated heterocycles. The van der Waals surface area contributed by atoms with Gasteiger partial charge in [-0.15, -0.1) is 0 Å². The van der Waals surface area contributed by atoms with Gasteiger partial charge in [0.2, 0.25) is 0 Å². The second kappa shape index (κ2) is 8.07.